The number of anilines is 1. The molecule has 2 aromatic heterocycles. The lowest BCUT2D eigenvalue weighted by atomic mass is 10.1. The van der Waals surface area contributed by atoms with E-state index in [1.807, 2.05) is 6.92 Å². The molecular formula is C18H25N5O4. The van der Waals surface area contributed by atoms with Crippen LogP contribution in [0.25, 0.3) is 11.2 Å². The van der Waals surface area contributed by atoms with Gasteiger partial charge in [0.1, 0.15) is 18.3 Å². The normalized spacial score (nSPS) is 24.8. The molecule has 146 valence electrons. The highest BCUT2D eigenvalue weighted by molar-refractivity contribution is 5.83. The van der Waals surface area contributed by atoms with Crippen LogP contribution in [0.1, 0.15) is 45.2 Å². The maximum Gasteiger partial charge on any atom is 0.208 e. The highest BCUT2D eigenvalue weighted by Gasteiger charge is 2.44. The van der Waals surface area contributed by atoms with Crippen LogP contribution in [0.5, 0.6) is 0 Å². The molecule has 27 heavy (non-hydrogen) atoms. The number of hydrogen-bond donors (Lipinski definition) is 4. The van der Waals surface area contributed by atoms with Crippen LogP contribution in [0.4, 0.5) is 5.82 Å². The Morgan fingerprint density at radius 1 is 1.26 bits per heavy atom. The van der Waals surface area contributed by atoms with E-state index in [4.69, 9.17) is 4.74 Å². The first-order valence-electron chi connectivity index (χ1n) is 9.20. The molecule has 4 N–H and O–H groups in total. The summed E-state index contributed by atoms with van der Waals surface area (Å²) in [7, 11) is 0. The van der Waals surface area contributed by atoms with Gasteiger partial charge in [-0.3, -0.25) is 4.57 Å². The van der Waals surface area contributed by atoms with E-state index in [2.05, 4.69) is 39.0 Å². The average Bonchev–Trinajstić information content (AvgIpc) is 3.21. The van der Waals surface area contributed by atoms with Gasteiger partial charge in [-0.15, -0.1) is 0 Å². The molecule has 0 aromatic carbocycles. The fourth-order valence-electron chi connectivity index (χ4n) is 2.97. The number of aromatic nitrogens is 4. The second-order valence-electron chi connectivity index (χ2n) is 6.38. The summed E-state index contributed by atoms with van der Waals surface area (Å²) in [6, 6.07) is 0. The molecule has 9 heteroatoms. The third-order valence-corrected chi connectivity index (χ3v) is 4.41. The third kappa shape index (κ3) is 3.89. The number of nitrogens with one attached hydrogen (secondary N) is 1. The smallest absolute Gasteiger partial charge is 0.208 e. The van der Waals surface area contributed by atoms with Crippen molar-refractivity contribution in [2.75, 3.05) is 18.5 Å². The molecule has 0 unspecified atom stereocenters. The molecule has 3 rings (SSSR count). The zero-order chi connectivity index (χ0) is 19.4. The molecule has 0 radical (unpaired) electrons. The van der Waals surface area contributed by atoms with Crippen LogP contribution in [0, 0.1) is 11.8 Å². The topological polar surface area (TPSA) is 126 Å². The fraction of sp³-hybridized carbons (Fsp3) is 0.611. The van der Waals surface area contributed by atoms with E-state index < -0.39 is 31.1 Å². The van der Waals surface area contributed by atoms with Gasteiger partial charge in [0.2, 0.25) is 5.82 Å². The van der Waals surface area contributed by atoms with Gasteiger partial charge in [-0.05, 0) is 19.3 Å². The average molecular weight is 375 g/mol. The molecule has 3 heterocycles. The highest BCUT2D eigenvalue weighted by atomic mass is 16.6. The summed E-state index contributed by atoms with van der Waals surface area (Å²) in [5, 5.41) is 32.8. The maximum absolute atomic E-state index is 10.3. The number of aliphatic hydroxyl groups is 3. The molecule has 0 amide bonds. The molecule has 4 atom stereocenters. The zero-order valence-electron chi connectivity index (χ0n) is 15.5. The SMILES string of the molecule is CCCCC#Cc1nc(NCC)c2ncn([C@@H]3O[C@H](CO)[C@@H](O)[C@H]3O)c2n1. The summed E-state index contributed by atoms with van der Waals surface area (Å²) in [6.07, 6.45) is 0.137. The van der Waals surface area contributed by atoms with Crippen LogP contribution < -0.4 is 5.32 Å². The van der Waals surface area contributed by atoms with Gasteiger partial charge in [0.25, 0.3) is 0 Å². The number of imidazole rings is 1. The molecule has 0 saturated carbocycles. The standard InChI is InChI=1S/C18H25N5O4/c1-3-5-6-7-8-12-21-16(19-4-2)13-17(22-12)23(10-20-13)18-15(26)14(25)11(9-24)27-18/h10-11,14-15,18,24-26H,3-6,9H2,1-2H3,(H,19,21,22)/t11-,14-,15-,18-/m1/s1. The zero-order valence-corrected chi connectivity index (χ0v) is 15.5. The monoisotopic (exact) mass is 375 g/mol. The first-order chi connectivity index (χ1) is 13.1. The van der Waals surface area contributed by atoms with Crippen molar-refractivity contribution >= 4 is 17.0 Å². The Hall–Kier alpha value is -2.25. The summed E-state index contributed by atoms with van der Waals surface area (Å²) >= 11 is 0. The van der Waals surface area contributed by atoms with Gasteiger partial charge in [0, 0.05) is 13.0 Å². The minimum Gasteiger partial charge on any atom is -0.394 e. The molecule has 1 aliphatic heterocycles. The Kier molecular flexibility index (Phi) is 6.23. The molecule has 1 saturated heterocycles. The largest absolute Gasteiger partial charge is 0.394 e. The molecule has 0 bridgehead atoms. The number of unbranched alkanes of at least 4 members (excludes halogenated alkanes) is 2. The third-order valence-electron chi connectivity index (χ3n) is 4.41. The van der Waals surface area contributed by atoms with E-state index in [9.17, 15) is 15.3 Å². The number of ether oxygens (including phenoxy) is 1. The molecule has 0 spiro atoms. The first-order valence-corrected chi connectivity index (χ1v) is 9.20. The second kappa shape index (κ2) is 8.63. The maximum atomic E-state index is 10.3. The summed E-state index contributed by atoms with van der Waals surface area (Å²) in [5.74, 6) is 6.93. The van der Waals surface area contributed by atoms with Crippen molar-refractivity contribution in [2.45, 2.75) is 57.6 Å². The van der Waals surface area contributed by atoms with Crippen molar-refractivity contribution in [3.63, 3.8) is 0 Å². The molecule has 1 aliphatic rings. The molecule has 9 nitrogen and oxygen atoms in total. The number of hydrogen-bond acceptors (Lipinski definition) is 8. The van der Waals surface area contributed by atoms with Crippen molar-refractivity contribution in [2.24, 2.45) is 0 Å². The summed E-state index contributed by atoms with van der Waals surface area (Å²) in [6.45, 7) is 4.30. The Labute approximate surface area is 157 Å². The van der Waals surface area contributed by atoms with E-state index in [0.29, 0.717) is 29.4 Å². The van der Waals surface area contributed by atoms with Crippen molar-refractivity contribution in [3.8, 4) is 11.8 Å². The highest BCUT2D eigenvalue weighted by Crippen LogP contribution is 2.32. The van der Waals surface area contributed by atoms with Crippen LogP contribution in [-0.4, -0.2) is 66.3 Å². The number of rotatable bonds is 6. The van der Waals surface area contributed by atoms with Gasteiger partial charge in [-0.1, -0.05) is 19.3 Å². The van der Waals surface area contributed by atoms with E-state index >= 15 is 0 Å². The lowest BCUT2D eigenvalue weighted by Gasteiger charge is -2.16. The minimum atomic E-state index is -1.21. The second-order valence-corrected chi connectivity index (χ2v) is 6.38. The molecule has 0 aliphatic carbocycles. The Morgan fingerprint density at radius 2 is 2.07 bits per heavy atom. The van der Waals surface area contributed by atoms with Gasteiger partial charge in [0.05, 0.1) is 12.9 Å². The number of aliphatic hydroxyl groups excluding tert-OH is 3. The first kappa shape index (κ1) is 19.5. The van der Waals surface area contributed by atoms with Crippen LogP contribution in [0.3, 0.4) is 0 Å². The van der Waals surface area contributed by atoms with Crippen LogP contribution in [-0.2, 0) is 4.74 Å². The van der Waals surface area contributed by atoms with Gasteiger partial charge < -0.3 is 25.4 Å². The Bertz CT molecular complexity index is 843. The molecular weight excluding hydrogens is 350 g/mol. The number of nitrogens with zero attached hydrogens (tertiary/aromatic N) is 4. The van der Waals surface area contributed by atoms with Gasteiger partial charge in [-0.25, -0.2) is 15.0 Å². The van der Waals surface area contributed by atoms with Gasteiger partial charge in [0.15, 0.2) is 23.2 Å². The lowest BCUT2D eigenvalue weighted by Crippen LogP contribution is -2.33. The summed E-state index contributed by atoms with van der Waals surface area (Å²) < 4.78 is 7.14. The number of fused-ring (bicyclic) bond motifs is 1. The van der Waals surface area contributed by atoms with E-state index in [1.54, 1.807) is 4.57 Å². The molecule has 2 aromatic rings. The van der Waals surface area contributed by atoms with Crippen molar-refractivity contribution in [3.05, 3.63) is 12.2 Å². The predicted octanol–water partition coefficient (Wildman–Crippen LogP) is 0.411. The predicted molar refractivity (Wildman–Crippen MR) is 98.9 cm³/mol. The van der Waals surface area contributed by atoms with Crippen LogP contribution >= 0.6 is 0 Å². The van der Waals surface area contributed by atoms with Crippen molar-refractivity contribution in [1.29, 1.82) is 0 Å². The summed E-state index contributed by atoms with van der Waals surface area (Å²) in [5.41, 5.74) is 0.962. The van der Waals surface area contributed by atoms with Gasteiger partial charge in [-0.2, -0.15) is 0 Å². The quantitative estimate of drug-likeness (QED) is 0.423. The van der Waals surface area contributed by atoms with Crippen LogP contribution in [0.2, 0.25) is 0 Å². The minimum absolute atomic E-state index is 0.350. The fourth-order valence-corrected chi connectivity index (χ4v) is 2.97. The lowest BCUT2D eigenvalue weighted by molar-refractivity contribution is -0.0511. The van der Waals surface area contributed by atoms with E-state index in [-0.39, 0.29) is 0 Å². The van der Waals surface area contributed by atoms with Gasteiger partial charge >= 0.3 is 0 Å². The Morgan fingerprint density at radius 3 is 2.74 bits per heavy atom. The summed E-state index contributed by atoms with van der Waals surface area (Å²) in [4.78, 5) is 13.2. The Balaban J connectivity index is 2.01. The van der Waals surface area contributed by atoms with E-state index in [1.165, 1.54) is 6.33 Å². The van der Waals surface area contributed by atoms with Crippen molar-refractivity contribution < 1.29 is 20.1 Å². The van der Waals surface area contributed by atoms with Crippen molar-refractivity contribution in [1.82, 2.24) is 19.5 Å². The molecule has 1 fully saturated rings. The van der Waals surface area contributed by atoms with E-state index in [0.717, 1.165) is 19.3 Å². The van der Waals surface area contributed by atoms with Crippen LogP contribution in [0.15, 0.2) is 6.33 Å².